The average molecular weight is 383 g/mol. The molecule has 1 aromatic carbocycles. The van der Waals surface area contributed by atoms with Gasteiger partial charge in [0, 0.05) is 25.0 Å². The Morgan fingerprint density at radius 1 is 1.14 bits per heavy atom. The van der Waals surface area contributed by atoms with Gasteiger partial charge in [-0.15, -0.1) is 5.10 Å². The summed E-state index contributed by atoms with van der Waals surface area (Å²) < 4.78 is 13.3. The van der Waals surface area contributed by atoms with Crippen molar-refractivity contribution in [1.29, 1.82) is 0 Å². The number of methoxy groups -OCH3 is 2. The van der Waals surface area contributed by atoms with E-state index < -0.39 is 0 Å². The topological polar surface area (TPSA) is 100 Å². The summed E-state index contributed by atoms with van der Waals surface area (Å²) in [5.74, 6) is 1.54. The monoisotopic (exact) mass is 383 g/mol. The molecule has 0 aliphatic heterocycles. The van der Waals surface area contributed by atoms with Crippen molar-refractivity contribution in [2.45, 2.75) is 13.0 Å². The number of nitrogens with zero attached hydrogens (tertiary/aromatic N) is 4. The summed E-state index contributed by atoms with van der Waals surface area (Å²) in [4.78, 5) is 24.2. The largest absolute Gasteiger partial charge is 0.493 e. The van der Waals surface area contributed by atoms with E-state index in [4.69, 9.17) is 9.47 Å². The highest BCUT2D eigenvalue weighted by atomic mass is 16.5. The van der Waals surface area contributed by atoms with Crippen LogP contribution in [0.4, 0.5) is 0 Å². The third-order valence-corrected chi connectivity index (χ3v) is 4.05. The molecule has 0 saturated carbocycles. The van der Waals surface area contributed by atoms with Gasteiger partial charge in [0.25, 0.3) is 5.56 Å². The van der Waals surface area contributed by atoms with Gasteiger partial charge in [-0.25, -0.2) is 9.36 Å². The van der Waals surface area contributed by atoms with Gasteiger partial charge in [-0.05, 0) is 29.8 Å². The molecule has 2 aromatic heterocycles. The van der Waals surface area contributed by atoms with Crippen molar-refractivity contribution in [3.05, 3.63) is 64.7 Å². The summed E-state index contributed by atoms with van der Waals surface area (Å²) in [6, 6.07) is 10.1. The van der Waals surface area contributed by atoms with Crippen molar-refractivity contribution >= 4 is 5.91 Å². The SMILES string of the molecule is COc1ccc(CC(=O)NCCn2nc(-n3cccn3)ccc2=O)cc1OC. The van der Waals surface area contributed by atoms with E-state index >= 15 is 0 Å². The van der Waals surface area contributed by atoms with Crippen LogP contribution < -0.4 is 20.3 Å². The fourth-order valence-electron chi connectivity index (χ4n) is 2.66. The molecule has 1 amide bonds. The van der Waals surface area contributed by atoms with Crippen molar-refractivity contribution in [2.24, 2.45) is 0 Å². The Morgan fingerprint density at radius 3 is 2.68 bits per heavy atom. The Bertz CT molecular complexity index is 998. The highest BCUT2D eigenvalue weighted by Crippen LogP contribution is 2.27. The van der Waals surface area contributed by atoms with Gasteiger partial charge >= 0.3 is 0 Å². The van der Waals surface area contributed by atoms with Crippen LogP contribution in [0.3, 0.4) is 0 Å². The number of carbonyl (C=O) groups excluding carboxylic acids is 1. The zero-order chi connectivity index (χ0) is 19.9. The molecule has 0 fully saturated rings. The first kappa shape index (κ1) is 19.2. The Morgan fingerprint density at radius 2 is 1.96 bits per heavy atom. The molecule has 0 unspecified atom stereocenters. The third-order valence-electron chi connectivity index (χ3n) is 4.05. The summed E-state index contributed by atoms with van der Waals surface area (Å²) in [7, 11) is 3.10. The van der Waals surface area contributed by atoms with Crippen molar-refractivity contribution in [3.63, 3.8) is 0 Å². The lowest BCUT2D eigenvalue weighted by molar-refractivity contribution is -0.120. The number of rotatable bonds is 8. The molecular formula is C19H21N5O4. The minimum Gasteiger partial charge on any atom is -0.493 e. The molecule has 3 rings (SSSR count). The second-order valence-electron chi connectivity index (χ2n) is 5.92. The van der Waals surface area contributed by atoms with E-state index in [9.17, 15) is 9.59 Å². The maximum atomic E-state index is 12.2. The molecule has 146 valence electrons. The molecule has 2 heterocycles. The van der Waals surface area contributed by atoms with E-state index in [1.54, 1.807) is 61.6 Å². The molecule has 0 aliphatic rings. The molecule has 0 saturated heterocycles. The van der Waals surface area contributed by atoms with Gasteiger partial charge in [0.05, 0.1) is 27.2 Å². The number of benzene rings is 1. The van der Waals surface area contributed by atoms with Crippen LogP contribution in [-0.4, -0.2) is 46.2 Å². The molecule has 0 radical (unpaired) electrons. The first-order valence-corrected chi connectivity index (χ1v) is 8.66. The van der Waals surface area contributed by atoms with Crippen LogP contribution in [0.15, 0.2) is 53.6 Å². The molecule has 9 nitrogen and oxygen atoms in total. The van der Waals surface area contributed by atoms with E-state index in [1.807, 2.05) is 0 Å². The van der Waals surface area contributed by atoms with Crippen molar-refractivity contribution < 1.29 is 14.3 Å². The molecular weight excluding hydrogens is 362 g/mol. The minimum absolute atomic E-state index is 0.163. The van der Waals surface area contributed by atoms with Gasteiger partial charge in [0.2, 0.25) is 5.91 Å². The Labute approximate surface area is 161 Å². The lowest BCUT2D eigenvalue weighted by Gasteiger charge is -2.10. The zero-order valence-electron chi connectivity index (χ0n) is 15.7. The van der Waals surface area contributed by atoms with Gasteiger partial charge in [-0.1, -0.05) is 6.07 Å². The predicted molar refractivity (Wildman–Crippen MR) is 102 cm³/mol. The molecule has 9 heteroatoms. The van der Waals surface area contributed by atoms with Gasteiger partial charge in [0.1, 0.15) is 0 Å². The number of carbonyl (C=O) groups is 1. The van der Waals surface area contributed by atoms with Crippen molar-refractivity contribution in [1.82, 2.24) is 24.9 Å². The number of nitrogens with one attached hydrogen (secondary N) is 1. The van der Waals surface area contributed by atoms with E-state index in [0.717, 1.165) is 5.56 Å². The minimum atomic E-state index is -0.245. The quantitative estimate of drug-likeness (QED) is 0.618. The number of hydrogen-bond acceptors (Lipinski definition) is 6. The van der Waals surface area contributed by atoms with Gasteiger partial charge < -0.3 is 14.8 Å². The highest BCUT2D eigenvalue weighted by molar-refractivity contribution is 5.78. The second-order valence-corrected chi connectivity index (χ2v) is 5.92. The smallest absolute Gasteiger partial charge is 0.266 e. The van der Waals surface area contributed by atoms with Crippen LogP contribution in [0.2, 0.25) is 0 Å². The normalized spacial score (nSPS) is 10.5. The van der Waals surface area contributed by atoms with Crippen molar-refractivity contribution in [2.75, 3.05) is 20.8 Å². The molecule has 3 aromatic rings. The summed E-state index contributed by atoms with van der Waals surface area (Å²) in [6.45, 7) is 0.535. The summed E-state index contributed by atoms with van der Waals surface area (Å²) >= 11 is 0. The van der Waals surface area contributed by atoms with Crippen molar-refractivity contribution in [3.8, 4) is 17.3 Å². The Hall–Kier alpha value is -3.62. The zero-order valence-corrected chi connectivity index (χ0v) is 15.7. The van der Waals surface area contributed by atoms with Gasteiger partial charge in [-0.3, -0.25) is 9.59 Å². The Kier molecular flexibility index (Phi) is 6.05. The van der Waals surface area contributed by atoms with Crippen LogP contribution in [-0.2, 0) is 17.8 Å². The van der Waals surface area contributed by atoms with Crippen LogP contribution in [0, 0.1) is 0 Å². The molecule has 0 aliphatic carbocycles. The maximum absolute atomic E-state index is 12.2. The summed E-state index contributed by atoms with van der Waals surface area (Å²) in [5, 5.41) is 11.1. The fourth-order valence-corrected chi connectivity index (χ4v) is 2.66. The number of aromatic nitrogens is 4. The van der Waals surface area contributed by atoms with E-state index in [-0.39, 0.29) is 31.0 Å². The van der Waals surface area contributed by atoms with Gasteiger partial charge in [0.15, 0.2) is 17.3 Å². The van der Waals surface area contributed by atoms with Crippen LogP contribution in [0.25, 0.3) is 5.82 Å². The number of amides is 1. The second kappa shape index (κ2) is 8.85. The number of ether oxygens (including phenoxy) is 2. The average Bonchev–Trinajstić information content (AvgIpc) is 3.24. The van der Waals surface area contributed by atoms with E-state index in [0.29, 0.717) is 17.3 Å². The molecule has 28 heavy (non-hydrogen) atoms. The highest BCUT2D eigenvalue weighted by Gasteiger charge is 2.09. The van der Waals surface area contributed by atoms with Crippen LogP contribution in [0.5, 0.6) is 11.5 Å². The first-order valence-electron chi connectivity index (χ1n) is 8.66. The lowest BCUT2D eigenvalue weighted by Crippen LogP contribution is -2.33. The van der Waals surface area contributed by atoms with Gasteiger partial charge in [-0.2, -0.15) is 5.10 Å². The summed E-state index contributed by atoms with van der Waals surface area (Å²) in [5.41, 5.74) is 0.552. The summed E-state index contributed by atoms with van der Waals surface area (Å²) in [6.07, 6.45) is 3.56. The fraction of sp³-hybridized carbons (Fsp3) is 0.263. The molecule has 0 spiro atoms. The molecule has 0 atom stereocenters. The Balaban J connectivity index is 1.57. The number of hydrogen-bond donors (Lipinski definition) is 1. The third kappa shape index (κ3) is 4.56. The predicted octanol–water partition coefficient (Wildman–Crippen LogP) is 0.805. The van der Waals surface area contributed by atoms with E-state index in [2.05, 4.69) is 15.5 Å². The maximum Gasteiger partial charge on any atom is 0.266 e. The standard InChI is InChI=1S/C19H21N5O4/c1-27-15-5-4-14(12-16(15)28-2)13-18(25)20-9-11-24-19(26)7-6-17(22-24)23-10-3-8-21-23/h3-8,10,12H,9,11,13H2,1-2H3,(H,20,25). The van der Waals surface area contributed by atoms with Crippen LogP contribution >= 0.6 is 0 Å². The van der Waals surface area contributed by atoms with E-state index in [1.165, 1.54) is 10.7 Å². The first-order chi connectivity index (χ1) is 13.6. The molecule has 0 bridgehead atoms. The lowest BCUT2D eigenvalue weighted by atomic mass is 10.1. The van der Waals surface area contributed by atoms with Crippen LogP contribution in [0.1, 0.15) is 5.56 Å². The molecule has 1 N–H and O–H groups in total.